The summed E-state index contributed by atoms with van der Waals surface area (Å²) in [7, 11) is 4.50. The highest BCUT2D eigenvalue weighted by molar-refractivity contribution is 6.46. The Hall–Kier alpha value is -3.98. The van der Waals surface area contributed by atoms with Crippen LogP contribution in [0.2, 0.25) is 5.02 Å². The summed E-state index contributed by atoms with van der Waals surface area (Å²) in [5.41, 5.74) is 0.856. The molecule has 1 aliphatic rings. The van der Waals surface area contributed by atoms with E-state index in [2.05, 4.69) is 4.98 Å². The van der Waals surface area contributed by atoms with Crippen LogP contribution in [0.5, 0.6) is 17.2 Å². The summed E-state index contributed by atoms with van der Waals surface area (Å²) in [5, 5.41) is 11.5. The number of aromatic nitrogens is 2. The van der Waals surface area contributed by atoms with Crippen molar-refractivity contribution in [2.45, 2.75) is 19.0 Å². The molecule has 1 fully saturated rings. The van der Waals surface area contributed by atoms with Gasteiger partial charge in [0.05, 0.1) is 44.3 Å². The van der Waals surface area contributed by atoms with Gasteiger partial charge in [-0.3, -0.25) is 9.59 Å². The summed E-state index contributed by atoms with van der Waals surface area (Å²) in [5.74, 6) is -0.436. The fraction of sp³-hybridized carbons (Fsp3) is 0.269. The molecule has 10 heteroatoms. The molecule has 1 atom stereocenters. The minimum absolute atomic E-state index is 0.0314. The first-order valence-corrected chi connectivity index (χ1v) is 11.6. The number of aryl methyl sites for hydroxylation is 1. The lowest BCUT2D eigenvalue weighted by Crippen LogP contribution is -2.31. The first kappa shape index (κ1) is 25.1. The van der Waals surface area contributed by atoms with Crippen molar-refractivity contribution in [1.29, 1.82) is 0 Å². The lowest BCUT2D eigenvalue weighted by Gasteiger charge is -2.26. The van der Waals surface area contributed by atoms with E-state index in [0.717, 1.165) is 0 Å². The Balaban J connectivity index is 1.79. The number of imidazole rings is 1. The molecule has 2 aromatic carbocycles. The Morgan fingerprint density at radius 2 is 1.72 bits per heavy atom. The summed E-state index contributed by atoms with van der Waals surface area (Å²) in [4.78, 5) is 31.9. The van der Waals surface area contributed by atoms with Crippen molar-refractivity contribution in [1.82, 2.24) is 14.5 Å². The number of amides is 1. The summed E-state index contributed by atoms with van der Waals surface area (Å²) in [6, 6.07) is 8.97. The number of aliphatic hydroxyl groups is 1. The van der Waals surface area contributed by atoms with E-state index < -0.39 is 17.7 Å². The SMILES string of the molecule is COc1ccc(C(O)=C2C(=O)C(=O)N(CCCn3ccnc3)[C@@H]2c2ccc(OC)c(OC)c2)cc1Cl. The molecule has 0 bridgehead atoms. The van der Waals surface area contributed by atoms with Gasteiger partial charge in [0.15, 0.2) is 11.5 Å². The number of ether oxygens (including phenoxy) is 3. The van der Waals surface area contributed by atoms with E-state index in [9.17, 15) is 14.7 Å². The maximum atomic E-state index is 13.3. The van der Waals surface area contributed by atoms with Crippen LogP contribution in [-0.4, -0.2) is 59.1 Å². The lowest BCUT2D eigenvalue weighted by atomic mass is 9.95. The van der Waals surface area contributed by atoms with Crippen LogP contribution in [0.4, 0.5) is 0 Å². The van der Waals surface area contributed by atoms with E-state index in [1.807, 2.05) is 10.8 Å². The second kappa shape index (κ2) is 10.7. The van der Waals surface area contributed by atoms with Gasteiger partial charge in [-0.15, -0.1) is 0 Å². The molecule has 1 aliphatic heterocycles. The van der Waals surface area contributed by atoms with E-state index in [-0.39, 0.29) is 22.9 Å². The topological polar surface area (TPSA) is 103 Å². The van der Waals surface area contributed by atoms with E-state index in [0.29, 0.717) is 41.3 Å². The molecule has 1 N–H and O–H groups in total. The Morgan fingerprint density at radius 3 is 2.36 bits per heavy atom. The second-order valence-electron chi connectivity index (χ2n) is 8.11. The molecule has 4 rings (SSSR count). The Labute approximate surface area is 213 Å². The van der Waals surface area contributed by atoms with Gasteiger partial charge in [0, 0.05) is 31.0 Å². The maximum Gasteiger partial charge on any atom is 0.295 e. The molecule has 0 saturated carbocycles. The normalized spacial score (nSPS) is 16.9. The zero-order valence-corrected chi connectivity index (χ0v) is 20.9. The number of carbonyl (C=O) groups is 2. The van der Waals surface area contributed by atoms with Crippen LogP contribution in [0, 0.1) is 0 Å². The Morgan fingerprint density at radius 1 is 1.00 bits per heavy atom. The van der Waals surface area contributed by atoms with Crippen LogP contribution < -0.4 is 14.2 Å². The van der Waals surface area contributed by atoms with Gasteiger partial charge in [-0.2, -0.15) is 0 Å². The third kappa shape index (κ3) is 4.74. The molecular weight excluding hydrogens is 486 g/mol. The number of carbonyl (C=O) groups excluding carboxylic acids is 2. The molecule has 9 nitrogen and oxygen atoms in total. The van der Waals surface area contributed by atoms with Crippen LogP contribution in [0.1, 0.15) is 23.6 Å². The van der Waals surface area contributed by atoms with Crippen LogP contribution in [-0.2, 0) is 16.1 Å². The number of likely N-dealkylation sites (tertiary alicyclic amines) is 1. The minimum atomic E-state index is -0.839. The predicted molar refractivity (Wildman–Crippen MR) is 133 cm³/mol. The minimum Gasteiger partial charge on any atom is -0.507 e. The third-order valence-corrected chi connectivity index (χ3v) is 6.36. The Bertz CT molecular complexity index is 1310. The predicted octanol–water partition coefficient (Wildman–Crippen LogP) is 4.07. The molecule has 0 radical (unpaired) electrons. The Kier molecular flexibility index (Phi) is 7.49. The van der Waals surface area contributed by atoms with Gasteiger partial charge >= 0.3 is 0 Å². The first-order valence-electron chi connectivity index (χ1n) is 11.2. The number of ketones is 1. The molecule has 1 aromatic heterocycles. The van der Waals surface area contributed by atoms with Crippen molar-refractivity contribution in [2.75, 3.05) is 27.9 Å². The zero-order valence-electron chi connectivity index (χ0n) is 20.1. The molecule has 0 unspecified atom stereocenters. The van der Waals surface area contributed by atoms with Gasteiger partial charge in [0.25, 0.3) is 11.7 Å². The van der Waals surface area contributed by atoms with Crippen molar-refractivity contribution < 1.29 is 28.9 Å². The number of hydrogen-bond acceptors (Lipinski definition) is 7. The number of methoxy groups -OCH3 is 3. The highest BCUT2D eigenvalue weighted by Crippen LogP contribution is 2.42. The van der Waals surface area contributed by atoms with Gasteiger partial charge in [0.1, 0.15) is 11.5 Å². The van der Waals surface area contributed by atoms with Gasteiger partial charge in [-0.05, 0) is 42.3 Å². The van der Waals surface area contributed by atoms with Crippen LogP contribution in [0.15, 0.2) is 60.7 Å². The van der Waals surface area contributed by atoms with E-state index in [1.54, 1.807) is 42.9 Å². The average molecular weight is 512 g/mol. The fourth-order valence-electron chi connectivity index (χ4n) is 4.29. The zero-order chi connectivity index (χ0) is 25.8. The van der Waals surface area contributed by atoms with Gasteiger partial charge in [-0.25, -0.2) is 4.98 Å². The molecule has 0 aliphatic carbocycles. The van der Waals surface area contributed by atoms with Crippen LogP contribution >= 0.6 is 11.6 Å². The number of halogens is 1. The largest absolute Gasteiger partial charge is 0.507 e. The van der Waals surface area contributed by atoms with Gasteiger partial charge in [0.2, 0.25) is 0 Å². The standard InChI is InChI=1S/C26H26ClN3O6/c1-34-19-7-6-17(13-18(19)27)24(31)22-23(16-5-8-20(35-2)21(14-16)36-3)30(26(33)25(22)32)11-4-10-29-12-9-28-15-29/h5-9,12-15,23,31H,4,10-11H2,1-3H3/t23-/m1/s1. The highest BCUT2D eigenvalue weighted by Gasteiger charge is 2.46. The smallest absolute Gasteiger partial charge is 0.295 e. The quantitative estimate of drug-likeness (QED) is 0.262. The van der Waals surface area contributed by atoms with E-state index in [4.69, 9.17) is 25.8 Å². The molecule has 2 heterocycles. The van der Waals surface area contributed by atoms with Crippen LogP contribution in [0.25, 0.3) is 5.76 Å². The summed E-state index contributed by atoms with van der Waals surface area (Å²) >= 11 is 6.26. The number of hydrogen-bond donors (Lipinski definition) is 1. The summed E-state index contributed by atoms with van der Waals surface area (Å²) < 4.78 is 17.9. The monoisotopic (exact) mass is 511 g/mol. The van der Waals surface area contributed by atoms with E-state index >= 15 is 0 Å². The van der Waals surface area contributed by atoms with Crippen molar-refractivity contribution in [3.05, 3.63) is 76.8 Å². The number of benzene rings is 2. The van der Waals surface area contributed by atoms with Crippen molar-refractivity contribution in [2.24, 2.45) is 0 Å². The fourth-order valence-corrected chi connectivity index (χ4v) is 4.55. The molecule has 36 heavy (non-hydrogen) atoms. The second-order valence-corrected chi connectivity index (χ2v) is 8.52. The van der Waals surface area contributed by atoms with Crippen molar-refractivity contribution in [3.8, 4) is 17.2 Å². The average Bonchev–Trinajstić information content (AvgIpc) is 3.50. The lowest BCUT2D eigenvalue weighted by molar-refractivity contribution is -0.139. The van der Waals surface area contributed by atoms with E-state index in [1.165, 1.54) is 32.3 Å². The third-order valence-electron chi connectivity index (χ3n) is 6.06. The maximum absolute atomic E-state index is 13.3. The summed E-state index contributed by atoms with van der Waals surface area (Å²) in [6.45, 7) is 0.887. The first-order chi connectivity index (χ1) is 17.4. The number of nitrogens with zero attached hydrogens (tertiary/aromatic N) is 3. The molecule has 1 amide bonds. The molecule has 3 aromatic rings. The number of rotatable bonds is 9. The summed E-state index contributed by atoms with van der Waals surface area (Å²) in [6.07, 6.45) is 5.76. The number of Topliss-reactive ketones (excluding diaryl/α,β-unsaturated/α-hetero) is 1. The molecular formula is C26H26ClN3O6. The van der Waals surface area contributed by atoms with Crippen LogP contribution in [0.3, 0.4) is 0 Å². The molecule has 0 spiro atoms. The van der Waals surface area contributed by atoms with Gasteiger partial charge < -0.3 is 28.8 Å². The van der Waals surface area contributed by atoms with Crippen molar-refractivity contribution >= 4 is 29.1 Å². The van der Waals surface area contributed by atoms with Crippen molar-refractivity contribution in [3.63, 3.8) is 0 Å². The number of aliphatic hydroxyl groups excluding tert-OH is 1. The van der Waals surface area contributed by atoms with Gasteiger partial charge in [-0.1, -0.05) is 17.7 Å². The highest BCUT2D eigenvalue weighted by atomic mass is 35.5. The molecule has 188 valence electrons. The molecule has 1 saturated heterocycles.